The Hall–Kier alpha value is -3.46. The first-order chi connectivity index (χ1) is 14.6. The minimum atomic E-state index is 0.190. The average Bonchev–Trinajstić information content (AvgIpc) is 3.20. The molecule has 0 spiro atoms. The number of aromatic hydroxyl groups is 1. The van der Waals surface area contributed by atoms with E-state index in [1.54, 1.807) is 18.5 Å². The van der Waals surface area contributed by atoms with E-state index >= 15 is 0 Å². The molecule has 4 heterocycles. The second-order valence-corrected chi connectivity index (χ2v) is 7.73. The third-order valence-electron chi connectivity index (χ3n) is 5.40. The first-order valence-corrected chi connectivity index (χ1v) is 10.1. The highest BCUT2D eigenvalue weighted by Gasteiger charge is 2.16. The van der Waals surface area contributed by atoms with Gasteiger partial charge in [0.15, 0.2) is 0 Å². The van der Waals surface area contributed by atoms with Gasteiger partial charge in [-0.3, -0.25) is 0 Å². The molecule has 0 amide bonds. The molecule has 5 rings (SSSR count). The highest BCUT2D eigenvalue weighted by Crippen LogP contribution is 2.30. The normalized spacial score (nSPS) is 14.7. The van der Waals surface area contributed by atoms with Gasteiger partial charge in [0.25, 0.3) is 0 Å². The van der Waals surface area contributed by atoms with Gasteiger partial charge in [0.05, 0.1) is 29.2 Å². The van der Waals surface area contributed by atoms with E-state index in [0.717, 1.165) is 53.8 Å². The number of anilines is 3. The Morgan fingerprint density at radius 3 is 2.70 bits per heavy atom. The second-order valence-electron chi connectivity index (χ2n) is 7.73. The van der Waals surface area contributed by atoms with E-state index in [1.807, 2.05) is 18.5 Å². The molecule has 3 N–H and O–H groups in total. The Bertz CT molecular complexity index is 1210. The van der Waals surface area contributed by atoms with Crippen molar-refractivity contribution < 1.29 is 5.11 Å². The molecular weight excluding hydrogens is 380 g/mol. The summed E-state index contributed by atoms with van der Waals surface area (Å²) in [6, 6.07) is 5.85. The summed E-state index contributed by atoms with van der Waals surface area (Å²) in [5, 5.41) is 17.9. The zero-order valence-corrected chi connectivity index (χ0v) is 17.0. The fourth-order valence-electron chi connectivity index (χ4n) is 3.83. The summed E-state index contributed by atoms with van der Waals surface area (Å²) in [6.45, 7) is 7.71. The molecule has 0 atom stereocenters. The van der Waals surface area contributed by atoms with Gasteiger partial charge in [0.2, 0.25) is 5.95 Å². The molecule has 0 aliphatic carbocycles. The van der Waals surface area contributed by atoms with Crippen molar-refractivity contribution in [2.75, 3.05) is 36.4 Å². The van der Waals surface area contributed by atoms with Gasteiger partial charge in [0, 0.05) is 49.9 Å². The Morgan fingerprint density at radius 2 is 1.93 bits per heavy atom. The maximum absolute atomic E-state index is 10.5. The molecule has 1 aromatic carbocycles. The first-order valence-electron chi connectivity index (χ1n) is 10.1. The quantitative estimate of drug-likeness (QED) is 0.477. The molecule has 30 heavy (non-hydrogen) atoms. The summed E-state index contributed by atoms with van der Waals surface area (Å²) < 4.78 is 2.11. The van der Waals surface area contributed by atoms with Gasteiger partial charge in [0.1, 0.15) is 17.1 Å². The number of nitrogens with one attached hydrogen (secondary N) is 2. The highest BCUT2D eigenvalue weighted by molar-refractivity contribution is 6.02. The fourth-order valence-corrected chi connectivity index (χ4v) is 3.83. The SMILES string of the molecule is CC(C)n1cnc2ccc3cnc(Nc4cc(O)c(N5CCNCC5)cn4)nc3c21. The van der Waals surface area contributed by atoms with E-state index < -0.39 is 0 Å². The monoisotopic (exact) mass is 404 g/mol. The van der Waals surface area contributed by atoms with E-state index in [2.05, 4.69) is 48.9 Å². The van der Waals surface area contributed by atoms with Gasteiger partial charge >= 0.3 is 0 Å². The van der Waals surface area contributed by atoms with Crippen molar-refractivity contribution in [2.24, 2.45) is 0 Å². The molecular formula is C21H24N8O. The topological polar surface area (TPSA) is 104 Å². The summed E-state index contributed by atoms with van der Waals surface area (Å²) in [4.78, 5) is 20.2. The number of hydrogen-bond donors (Lipinski definition) is 3. The number of piperazine rings is 1. The minimum Gasteiger partial charge on any atom is -0.506 e. The molecule has 9 heteroatoms. The van der Waals surface area contributed by atoms with Crippen LogP contribution in [0.1, 0.15) is 19.9 Å². The van der Waals surface area contributed by atoms with E-state index in [1.165, 1.54) is 0 Å². The van der Waals surface area contributed by atoms with Gasteiger partial charge in [-0.05, 0) is 26.0 Å². The van der Waals surface area contributed by atoms with Crippen LogP contribution in [0.15, 0.2) is 36.9 Å². The van der Waals surface area contributed by atoms with Gasteiger partial charge in [-0.15, -0.1) is 0 Å². The van der Waals surface area contributed by atoms with Crippen LogP contribution < -0.4 is 15.5 Å². The second kappa shape index (κ2) is 7.42. The Kier molecular flexibility index (Phi) is 4.59. The molecule has 1 aliphatic heterocycles. The van der Waals surface area contributed by atoms with Crippen molar-refractivity contribution in [3.8, 4) is 5.75 Å². The lowest BCUT2D eigenvalue weighted by Crippen LogP contribution is -2.43. The van der Waals surface area contributed by atoms with E-state index in [0.29, 0.717) is 11.8 Å². The maximum Gasteiger partial charge on any atom is 0.228 e. The third kappa shape index (κ3) is 3.26. The van der Waals surface area contributed by atoms with Gasteiger partial charge in [-0.1, -0.05) is 0 Å². The zero-order chi connectivity index (χ0) is 20.7. The fraction of sp³-hybridized carbons (Fsp3) is 0.333. The van der Waals surface area contributed by atoms with Crippen molar-refractivity contribution in [3.63, 3.8) is 0 Å². The molecule has 9 nitrogen and oxygen atoms in total. The van der Waals surface area contributed by atoms with Crippen molar-refractivity contribution in [3.05, 3.63) is 36.9 Å². The average molecular weight is 404 g/mol. The Morgan fingerprint density at radius 1 is 1.10 bits per heavy atom. The minimum absolute atomic E-state index is 0.190. The van der Waals surface area contributed by atoms with Crippen LogP contribution in [0.2, 0.25) is 0 Å². The molecule has 0 saturated carbocycles. The standard InChI is InChI=1S/C21H24N8O/c1-13(2)29-12-25-15-4-3-14-10-24-21(27-19(14)20(15)29)26-18-9-17(30)16(11-23-18)28-7-5-22-6-8-28/h3-4,9-13,22H,5-8H2,1-2H3,(H2,23,24,26,27,30). The smallest absolute Gasteiger partial charge is 0.228 e. The number of rotatable bonds is 4. The van der Waals surface area contributed by atoms with Crippen LogP contribution >= 0.6 is 0 Å². The van der Waals surface area contributed by atoms with Crippen LogP contribution in [0, 0.1) is 0 Å². The predicted molar refractivity (Wildman–Crippen MR) is 117 cm³/mol. The number of fused-ring (bicyclic) bond motifs is 3. The van der Waals surface area contributed by atoms with Crippen LogP contribution in [0.5, 0.6) is 5.75 Å². The van der Waals surface area contributed by atoms with Crippen molar-refractivity contribution in [1.29, 1.82) is 0 Å². The lowest BCUT2D eigenvalue weighted by Gasteiger charge is -2.29. The Balaban J connectivity index is 1.48. The van der Waals surface area contributed by atoms with E-state index in [9.17, 15) is 5.11 Å². The number of hydrogen-bond acceptors (Lipinski definition) is 8. The maximum atomic E-state index is 10.5. The van der Waals surface area contributed by atoms with Crippen LogP contribution in [0.3, 0.4) is 0 Å². The lowest BCUT2D eigenvalue weighted by molar-refractivity contribution is 0.470. The van der Waals surface area contributed by atoms with E-state index in [-0.39, 0.29) is 11.8 Å². The van der Waals surface area contributed by atoms with Crippen LogP contribution in [0.4, 0.5) is 17.5 Å². The predicted octanol–water partition coefficient (Wildman–Crippen LogP) is 2.81. The molecule has 3 aromatic heterocycles. The van der Waals surface area contributed by atoms with Gasteiger partial charge < -0.3 is 25.2 Å². The summed E-state index contributed by atoms with van der Waals surface area (Å²) in [5.41, 5.74) is 3.46. The summed E-state index contributed by atoms with van der Waals surface area (Å²) in [7, 11) is 0. The molecule has 4 aromatic rings. The van der Waals surface area contributed by atoms with Crippen molar-refractivity contribution in [2.45, 2.75) is 19.9 Å². The molecule has 1 saturated heterocycles. The summed E-state index contributed by atoms with van der Waals surface area (Å²) in [5.74, 6) is 1.11. The van der Waals surface area contributed by atoms with Crippen LogP contribution in [-0.2, 0) is 0 Å². The summed E-state index contributed by atoms with van der Waals surface area (Å²) in [6.07, 6.45) is 5.32. The van der Waals surface area contributed by atoms with Crippen molar-refractivity contribution in [1.82, 2.24) is 29.8 Å². The van der Waals surface area contributed by atoms with Gasteiger partial charge in [-0.2, -0.15) is 0 Å². The zero-order valence-electron chi connectivity index (χ0n) is 17.0. The van der Waals surface area contributed by atoms with Crippen LogP contribution in [-0.4, -0.2) is 55.8 Å². The lowest BCUT2D eigenvalue weighted by atomic mass is 10.2. The molecule has 1 fully saturated rings. The van der Waals surface area contributed by atoms with Gasteiger partial charge in [-0.25, -0.2) is 19.9 Å². The van der Waals surface area contributed by atoms with E-state index in [4.69, 9.17) is 4.98 Å². The molecule has 0 unspecified atom stereocenters. The molecule has 0 bridgehead atoms. The third-order valence-corrected chi connectivity index (χ3v) is 5.40. The summed E-state index contributed by atoms with van der Waals surface area (Å²) >= 11 is 0. The number of imidazole rings is 1. The van der Waals surface area contributed by atoms with Crippen molar-refractivity contribution >= 4 is 39.4 Å². The highest BCUT2D eigenvalue weighted by atomic mass is 16.3. The molecule has 0 radical (unpaired) electrons. The molecule has 154 valence electrons. The molecule has 1 aliphatic rings. The number of nitrogens with zero attached hydrogens (tertiary/aromatic N) is 6. The number of pyridine rings is 1. The first kappa shape index (κ1) is 18.6. The Labute approximate surface area is 173 Å². The number of aromatic nitrogens is 5. The number of benzene rings is 1. The van der Waals surface area contributed by atoms with Crippen LogP contribution in [0.25, 0.3) is 21.9 Å². The largest absolute Gasteiger partial charge is 0.506 e.